The number of carbonyl (C=O) groups excluding carboxylic acids is 2. The summed E-state index contributed by atoms with van der Waals surface area (Å²) in [5, 5.41) is 21.4. The first kappa shape index (κ1) is 19.4. The van der Waals surface area contributed by atoms with Crippen molar-refractivity contribution in [2.45, 2.75) is 52.6 Å². The van der Waals surface area contributed by atoms with E-state index >= 15 is 0 Å². The second-order valence-electron chi connectivity index (χ2n) is 9.76. The number of Topliss-reactive ketones (excluding diaryl/α,β-unsaturated/α-hetero) is 1. The number of aliphatic hydroxyl groups is 2. The minimum Gasteiger partial charge on any atom is -0.393 e. The number of hydrogen-bond donors (Lipinski definition) is 2. The summed E-state index contributed by atoms with van der Waals surface area (Å²) in [7, 11) is 0. The smallest absolute Gasteiger partial charge is 0.162 e. The van der Waals surface area contributed by atoms with E-state index in [0.29, 0.717) is 24.3 Å². The van der Waals surface area contributed by atoms with Crippen LogP contribution in [0, 0.1) is 40.4 Å². The maximum absolute atomic E-state index is 12.5. The zero-order chi connectivity index (χ0) is 19.7. The van der Waals surface area contributed by atoms with Gasteiger partial charge in [0.2, 0.25) is 0 Å². The van der Waals surface area contributed by atoms with E-state index < -0.39 is 12.7 Å². The lowest BCUT2D eigenvalue weighted by molar-refractivity contribution is -0.140. The van der Waals surface area contributed by atoms with Crippen molar-refractivity contribution in [3.05, 3.63) is 22.8 Å². The Bertz CT molecular complexity index is 755. The molecule has 148 valence electrons. The summed E-state index contributed by atoms with van der Waals surface area (Å²) in [6.45, 7) is 5.89. The number of carbonyl (C=O) groups is 2. The second kappa shape index (κ2) is 6.27. The van der Waals surface area contributed by atoms with Crippen LogP contribution in [-0.4, -0.2) is 34.5 Å². The van der Waals surface area contributed by atoms with Crippen LogP contribution in [0.2, 0.25) is 0 Å². The lowest BCUT2D eigenvalue weighted by Crippen LogP contribution is -2.56. The lowest BCUT2D eigenvalue weighted by atomic mass is 9.47. The van der Waals surface area contributed by atoms with Crippen molar-refractivity contribution in [3.63, 3.8) is 0 Å². The van der Waals surface area contributed by atoms with Crippen LogP contribution in [-0.2, 0) is 9.59 Å². The number of aliphatic hydroxyl groups excluding tert-OH is 2. The van der Waals surface area contributed by atoms with Crippen molar-refractivity contribution < 1.29 is 19.8 Å². The maximum atomic E-state index is 12.5. The largest absolute Gasteiger partial charge is 0.393 e. The molecule has 5 heteroatoms. The molecular weight excluding hydrogens is 364 g/mol. The summed E-state index contributed by atoms with van der Waals surface area (Å²) in [5.41, 5.74) is 0.224. The van der Waals surface area contributed by atoms with Gasteiger partial charge in [-0.05, 0) is 54.1 Å². The number of hydrogen-bond acceptors (Lipinski definition) is 4. The predicted molar refractivity (Wildman–Crippen MR) is 103 cm³/mol. The number of halogens is 1. The van der Waals surface area contributed by atoms with Crippen molar-refractivity contribution in [1.82, 2.24) is 0 Å². The van der Waals surface area contributed by atoms with Gasteiger partial charge >= 0.3 is 0 Å². The average Bonchev–Trinajstić information content (AvgIpc) is 2.85. The molecule has 27 heavy (non-hydrogen) atoms. The monoisotopic (exact) mass is 392 g/mol. The Morgan fingerprint density at radius 1 is 1.37 bits per heavy atom. The Hall–Kier alpha value is -0.970. The van der Waals surface area contributed by atoms with Crippen LogP contribution in [0.4, 0.5) is 0 Å². The Kier molecular flexibility index (Phi) is 4.49. The molecule has 0 amide bonds. The van der Waals surface area contributed by atoms with E-state index in [1.807, 2.05) is 6.08 Å². The molecule has 4 aliphatic carbocycles. The SMILES string of the molecule is CC1C[C@H]2[C@@H]3C=C(Cl)C4=CC(=O)CC[C@]4(C)[C@H]3C(O)C[C@]2(C)[C@H]1C(=O)CO. The van der Waals surface area contributed by atoms with Crippen molar-refractivity contribution in [2.24, 2.45) is 40.4 Å². The third-order valence-electron chi connectivity index (χ3n) is 8.34. The van der Waals surface area contributed by atoms with Gasteiger partial charge in [-0.25, -0.2) is 0 Å². The molecule has 2 fully saturated rings. The van der Waals surface area contributed by atoms with Crippen LogP contribution in [0.1, 0.15) is 46.5 Å². The van der Waals surface area contributed by atoms with E-state index in [0.717, 1.165) is 12.0 Å². The first-order chi connectivity index (χ1) is 12.6. The Labute approximate surface area is 165 Å². The van der Waals surface area contributed by atoms with E-state index in [9.17, 15) is 19.8 Å². The minimum absolute atomic E-state index is 0.00704. The molecule has 0 aliphatic heterocycles. The number of ketones is 2. The van der Waals surface area contributed by atoms with Gasteiger partial charge in [-0.3, -0.25) is 9.59 Å². The molecule has 0 heterocycles. The van der Waals surface area contributed by atoms with Crippen LogP contribution in [0.5, 0.6) is 0 Å². The topological polar surface area (TPSA) is 74.6 Å². The zero-order valence-corrected chi connectivity index (χ0v) is 17.0. The normalized spacial score (nSPS) is 48.9. The van der Waals surface area contributed by atoms with Gasteiger partial charge in [0.25, 0.3) is 0 Å². The summed E-state index contributed by atoms with van der Waals surface area (Å²) >= 11 is 6.66. The first-order valence-corrected chi connectivity index (χ1v) is 10.5. The minimum atomic E-state index is -0.557. The Morgan fingerprint density at radius 3 is 2.74 bits per heavy atom. The van der Waals surface area contributed by atoms with Gasteiger partial charge < -0.3 is 10.2 Å². The van der Waals surface area contributed by atoms with Gasteiger partial charge in [0.05, 0.1) is 6.10 Å². The standard InChI is InChI=1S/C22H29ClO4/c1-11-6-14-13-8-16(23)15-7-12(25)4-5-21(15,2)20(13)17(26)9-22(14,3)19(11)18(27)10-24/h7-8,11,13-14,17,19-20,24,26H,4-6,9-10H2,1-3H3/t11?,13-,14-,17?,19+,20+,21-,22-/m0/s1. The van der Waals surface area contributed by atoms with Gasteiger partial charge in [-0.15, -0.1) is 0 Å². The predicted octanol–water partition coefficient (Wildman–Crippen LogP) is 3.26. The molecule has 2 saturated carbocycles. The molecule has 0 saturated heterocycles. The molecule has 0 aromatic carbocycles. The van der Waals surface area contributed by atoms with Crippen molar-refractivity contribution in [3.8, 4) is 0 Å². The molecule has 4 rings (SSSR count). The molecule has 0 spiro atoms. The molecule has 4 aliphatic rings. The van der Waals surface area contributed by atoms with Crippen LogP contribution in [0.15, 0.2) is 22.8 Å². The van der Waals surface area contributed by atoms with Gasteiger partial charge in [0.15, 0.2) is 11.6 Å². The fourth-order valence-corrected chi connectivity index (χ4v) is 7.78. The van der Waals surface area contributed by atoms with Crippen LogP contribution >= 0.6 is 11.6 Å². The van der Waals surface area contributed by atoms with Crippen molar-refractivity contribution >= 4 is 23.2 Å². The summed E-state index contributed by atoms with van der Waals surface area (Å²) in [4.78, 5) is 24.5. The average molecular weight is 393 g/mol. The van der Waals surface area contributed by atoms with Crippen LogP contribution in [0.3, 0.4) is 0 Å². The van der Waals surface area contributed by atoms with Gasteiger partial charge in [0, 0.05) is 28.7 Å². The van der Waals surface area contributed by atoms with E-state index in [1.165, 1.54) is 0 Å². The van der Waals surface area contributed by atoms with E-state index in [1.54, 1.807) is 6.08 Å². The quantitative estimate of drug-likeness (QED) is 0.756. The van der Waals surface area contributed by atoms with Crippen molar-refractivity contribution in [1.29, 1.82) is 0 Å². The molecule has 0 aromatic heterocycles. The second-order valence-corrected chi connectivity index (χ2v) is 10.2. The molecule has 4 nitrogen and oxygen atoms in total. The van der Waals surface area contributed by atoms with E-state index in [2.05, 4.69) is 20.8 Å². The summed E-state index contributed by atoms with van der Waals surface area (Å²) < 4.78 is 0. The Balaban J connectivity index is 1.82. The highest BCUT2D eigenvalue weighted by atomic mass is 35.5. The fourth-order valence-electron chi connectivity index (χ4n) is 7.36. The van der Waals surface area contributed by atoms with Gasteiger partial charge in [-0.1, -0.05) is 38.4 Å². The summed E-state index contributed by atoms with van der Waals surface area (Å²) in [6.07, 6.45) is 5.81. The lowest BCUT2D eigenvalue weighted by Gasteiger charge is -2.58. The van der Waals surface area contributed by atoms with Gasteiger partial charge in [0.1, 0.15) is 6.61 Å². The highest BCUT2D eigenvalue weighted by Gasteiger charge is 2.64. The summed E-state index contributed by atoms with van der Waals surface area (Å²) in [5.74, 6) is 0.271. The highest BCUT2D eigenvalue weighted by Crippen LogP contribution is 2.67. The Morgan fingerprint density at radius 2 is 2.07 bits per heavy atom. The first-order valence-electron chi connectivity index (χ1n) is 10.1. The molecule has 8 atom stereocenters. The molecule has 0 bridgehead atoms. The zero-order valence-electron chi connectivity index (χ0n) is 16.2. The molecule has 2 N–H and O–H groups in total. The third kappa shape index (κ3) is 2.56. The summed E-state index contributed by atoms with van der Waals surface area (Å²) in [6, 6.07) is 0. The number of rotatable bonds is 2. The molecule has 2 unspecified atom stereocenters. The van der Waals surface area contributed by atoms with Crippen LogP contribution < -0.4 is 0 Å². The van der Waals surface area contributed by atoms with Crippen molar-refractivity contribution in [2.75, 3.05) is 6.61 Å². The number of allylic oxidation sites excluding steroid dienone is 4. The molecule has 0 aromatic rings. The highest BCUT2D eigenvalue weighted by molar-refractivity contribution is 6.32. The van der Waals surface area contributed by atoms with E-state index in [4.69, 9.17) is 11.6 Å². The van der Waals surface area contributed by atoms with E-state index in [-0.39, 0.29) is 52.0 Å². The molecular formula is C22H29ClO4. The van der Waals surface area contributed by atoms with Gasteiger partial charge in [-0.2, -0.15) is 0 Å². The number of fused-ring (bicyclic) bond motifs is 5. The fraction of sp³-hybridized carbons (Fsp3) is 0.727. The maximum Gasteiger partial charge on any atom is 0.162 e. The molecule has 0 radical (unpaired) electrons. The third-order valence-corrected chi connectivity index (χ3v) is 8.67. The van der Waals surface area contributed by atoms with Crippen LogP contribution in [0.25, 0.3) is 0 Å².